The van der Waals surface area contributed by atoms with Crippen LogP contribution in [-0.4, -0.2) is 46.9 Å². The monoisotopic (exact) mass is 557 g/mol. The van der Waals surface area contributed by atoms with Crippen LogP contribution in [0.15, 0.2) is 30.3 Å². The first-order chi connectivity index (χ1) is 18.4. The largest absolute Gasteiger partial charge is 0.490 e. The van der Waals surface area contributed by atoms with E-state index in [1.165, 1.54) is 12.1 Å². The van der Waals surface area contributed by atoms with E-state index in [2.05, 4.69) is 4.90 Å². The summed E-state index contributed by atoms with van der Waals surface area (Å²) >= 11 is 0. The van der Waals surface area contributed by atoms with Crippen molar-refractivity contribution in [3.8, 4) is 5.75 Å². The molecule has 1 N–H and O–H groups in total. The highest BCUT2D eigenvalue weighted by Gasteiger charge is 2.43. The molecule has 2 saturated heterocycles. The Morgan fingerprint density at radius 3 is 2.18 bits per heavy atom. The van der Waals surface area contributed by atoms with Gasteiger partial charge in [-0.2, -0.15) is 26.3 Å². The molecule has 10 heteroatoms. The standard InChI is InChI=1S/C29H33F6NO3/c30-28(31,32)20-6-8-23(9-7-20)39-25-11-5-18-14-17(4-10-24(18)26(25)29(33,34)35)12-13-36-21-2-1-3-22(36)16-19(15-21)27(37)38/h4-5,10-11,14,19-23H,1-3,6-9,12-13,15-16H2,(H,37,38)/t19?,20?,21-,22?,23?/m0/s1. The molecule has 2 aliphatic heterocycles. The number of ether oxygens (including phenoxy) is 1. The molecule has 4 nitrogen and oxygen atoms in total. The summed E-state index contributed by atoms with van der Waals surface area (Å²) in [5, 5.41) is 9.91. The Kier molecular flexibility index (Phi) is 7.79. The predicted molar refractivity (Wildman–Crippen MR) is 134 cm³/mol. The Hall–Kier alpha value is -2.49. The van der Waals surface area contributed by atoms with E-state index in [-0.39, 0.29) is 54.8 Å². The van der Waals surface area contributed by atoms with Crippen molar-refractivity contribution < 1.29 is 41.0 Å². The third-order valence-electron chi connectivity index (χ3n) is 8.89. The molecule has 0 radical (unpaired) electrons. The highest BCUT2D eigenvalue weighted by molar-refractivity contribution is 5.89. The molecule has 2 aromatic rings. The van der Waals surface area contributed by atoms with Gasteiger partial charge in [-0.3, -0.25) is 9.69 Å². The Labute approximate surface area is 223 Å². The summed E-state index contributed by atoms with van der Waals surface area (Å²) in [6, 6.07) is 8.21. The lowest BCUT2D eigenvalue weighted by atomic mass is 9.78. The van der Waals surface area contributed by atoms with Crippen molar-refractivity contribution in [2.45, 2.75) is 94.7 Å². The van der Waals surface area contributed by atoms with Gasteiger partial charge in [0, 0.05) is 18.6 Å². The average molecular weight is 558 g/mol. The van der Waals surface area contributed by atoms with Crippen LogP contribution in [0, 0.1) is 11.8 Å². The first-order valence-corrected chi connectivity index (χ1v) is 13.7. The van der Waals surface area contributed by atoms with E-state index in [0.717, 1.165) is 31.4 Å². The van der Waals surface area contributed by atoms with Gasteiger partial charge in [0.15, 0.2) is 0 Å². The molecule has 5 rings (SSSR count). The summed E-state index contributed by atoms with van der Waals surface area (Å²) in [6.45, 7) is 0.723. The van der Waals surface area contributed by atoms with Crippen LogP contribution in [0.3, 0.4) is 0 Å². The summed E-state index contributed by atoms with van der Waals surface area (Å²) < 4.78 is 87.1. The fraction of sp³-hybridized carbons (Fsp3) is 0.621. The Morgan fingerprint density at radius 2 is 1.59 bits per heavy atom. The molecule has 1 saturated carbocycles. The van der Waals surface area contributed by atoms with E-state index in [4.69, 9.17) is 4.74 Å². The van der Waals surface area contributed by atoms with Crippen LogP contribution >= 0.6 is 0 Å². The average Bonchev–Trinajstić information content (AvgIpc) is 2.85. The third kappa shape index (κ3) is 6.15. The molecule has 0 amide bonds. The van der Waals surface area contributed by atoms with E-state index < -0.39 is 35.9 Å². The zero-order chi connectivity index (χ0) is 27.9. The highest BCUT2D eigenvalue weighted by Crippen LogP contribution is 2.44. The van der Waals surface area contributed by atoms with Crippen LogP contribution in [0.4, 0.5) is 26.3 Å². The summed E-state index contributed by atoms with van der Waals surface area (Å²) in [5.74, 6) is -2.82. The minimum Gasteiger partial charge on any atom is -0.490 e. The maximum atomic E-state index is 14.2. The zero-order valence-electron chi connectivity index (χ0n) is 21.5. The molecule has 1 aliphatic carbocycles. The number of piperidine rings is 2. The van der Waals surface area contributed by atoms with Gasteiger partial charge in [0.2, 0.25) is 0 Å². The molecule has 3 atom stereocenters. The van der Waals surface area contributed by atoms with Gasteiger partial charge in [0.1, 0.15) is 11.3 Å². The van der Waals surface area contributed by atoms with Gasteiger partial charge in [-0.1, -0.05) is 30.7 Å². The van der Waals surface area contributed by atoms with Crippen molar-refractivity contribution in [3.63, 3.8) is 0 Å². The lowest BCUT2D eigenvalue weighted by Gasteiger charge is -2.48. The van der Waals surface area contributed by atoms with Crippen molar-refractivity contribution in [1.29, 1.82) is 0 Å². The second-order valence-corrected chi connectivity index (χ2v) is 11.4. The first-order valence-electron chi connectivity index (χ1n) is 13.7. The zero-order valence-corrected chi connectivity index (χ0v) is 21.5. The van der Waals surface area contributed by atoms with Gasteiger partial charge in [-0.25, -0.2) is 0 Å². The molecule has 2 heterocycles. The fourth-order valence-electron chi connectivity index (χ4n) is 6.90. The van der Waals surface area contributed by atoms with Crippen molar-refractivity contribution >= 4 is 16.7 Å². The van der Waals surface area contributed by atoms with Gasteiger partial charge < -0.3 is 9.84 Å². The second-order valence-electron chi connectivity index (χ2n) is 11.4. The fourth-order valence-corrected chi connectivity index (χ4v) is 6.90. The minimum absolute atomic E-state index is 0.00636. The number of carboxylic acids is 1. The Balaban J connectivity index is 1.30. The molecule has 3 aliphatic rings. The molecular formula is C29H33F6NO3. The van der Waals surface area contributed by atoms with Crippen LogP contribution < -0.4 is 4.74 Å². The topological polar surface area (TPSA) is 49.8 Å². The SMILES string of the molecule is O=C(O)C1CC2CCC[C@@H](C1)N2CCc1ccc2c(C(F)(F)F)c(OC3CCC(C(F)(F)F)CC3)ccc2c1. The summed E-state index contributed by atoms with van der Waals surface area (Å²) in [6.07, 6.45) is -4.92. The Bertz CT molecular complexity index is 1170. The minimum atomic E-state index is -4.69. The third-order valence-corrected chi connectivity index (χ3v) is 8.89. The molecule has 2 unspecified atom stereocenters. The predicted octanol–water partition coefficient (Wildman–Crippen LogP) is 7.62. The number of alkyl halides is 6. The molecule has 214 valence electrons. The lowest BCUT2D eigenvalue weighted by Crippen LogP contribution is -2.53. The molecule has 0 spiro atoms. The lowest BCUT2D eigenvalue weighted by molar-refractivity contribution is -0.185. The van der Waals surface area contributed by atoms with Gasteiger partial charge in [-0.15, -0.1) is 0 Å². The van der Waals surface area contributed by atoms with Crippen LogP contribution in [0.1, 0.15) is 68.9 Å². The number of benzene rings is 2. The summed E-state index contributed by atoms with van der Waals surface area (Å²) in [7, 11) is 0. The van der Waals surface area contributed by atoms with Crippen LogP contribution in [-0.2, 0) is 17.4 Å². The maximum Gasteiger partial charge on any atom is 0.420 e. The molecule has 0 aromatic heterocycles. The van der Waals surface area contributed by atoms with Crippen LogP contribution in [0.5, 0.6) is 5.75 Å². The smallest absolute Gasteiger partial charge is 0.420 e. The van der Waals surface area contributed by atoms with Crippen molar-refractivity contribution in [2.75, 3.05) is 6.54 Å². The Morgan fingerprint density at radius 1 is 0.923 bits per heavy atom. The number of halogens is 6. The molecular weight excluding hydrogens is 524 g/mol. The highest BCUT2D eigenvalue weighted by atomic mass is 19.4. The molecule has 39 heavy (non-hydrogen) atoms. The van der Waals surface area contributed by atoms with E-state index in [1.54, 1.807) is 18.2 Å². The number of nitrogens with zero attached hydrogens (tertiary/aromatic N) is 1. The summed E-state index contributed by atoms with van der Waals surface area (Å²) in [5.41, 5.74) is 0.00275. The number of aliphatic carboxylic acids is 1. The van der Waals surface area contributed by atoms with Crippen molar-refractivity contribution in [2.24, 2.45) is 11.8 Å². The normalized spacial score (nSPS) is 28.4. The van der Waals surface area contributed by atoms with Crippen molar-refractivity contribution in [3.05, 3.63) is 41.5 Å². The molecule has 2 bridgehead atoms. The van der Waals surface area contributed by atoms with E-state index >= 15 is 0 Å². The van der Waals surface area contributed by atoms with Crippen LogP contribution in [0.25, 0.3) is 10.8 Å². The van der Waals surface area contributed by atoms with Gasteiger partial charge in [0.25, 0.3) is 0 Å². The number of carbonyl (C=O) groups is 1. The number of fused-ring (bicyclic) bond motifs is 3. The van der Waals surface area contributed by atoms with Crippen molar-refractivity contribution in [1.82, 2.24) is 4.90 Å². The number of hydrogen-bond donors (Lipinski definition) is 1. The van der Waals surface area contributed by atoms with E-state index in [0.29, 0.717) is 24.6 Å². The van der Waals surface area contributed by atoms with E-state index in [9.17, 15) is 36.2 Å². The molecule has 2 aromatic carbocycles. The number of carboxylic acid groups (broad SMARTS) is 1. The summed E-state index contributed by atoms with van der Waals surface area (Å²) in [4.78, 5) is 13.9. The molecule has 3 fully saturated rings. The van der Waals surface area contributed by atoms with Gasteiger partial charge >= 0.3 is 18.3 Å². The van der Waals surface area contributed by atoms with Crippen LogP contribution in [0.2, 0.25) is 0 Å². The number of rotatable bonds is 6. The first kappa shape index (κ1) is 28.1. The van der Waals surface area contributed by atoms with E-state index in [1.807, 2.05) is 0 Å². The second kappa shape index (κ2) is 10.8. The maximum absolute atomic E-state index is 14.2. The quantitative estimate of drug-likeness (QED) is 0.371. The van der Waals surface area contributed by atoms with Gasteiger partial charge in [0.05, 0.1) is 17.9 Å². The van der Waals surface area contributed by atoms with Gasteiger partial charge in [-0.05, 0) is 80.2 Å². The number of hydrogen-bond acceptors (Lipinski definition) is 3.